The van der Waals surface area contributed by atoms with Gasteiger partial charge in [-0.2, -0.15) is 23.1 Å². The number of rotatable bonds is 7. The molecule has 1 aromatic heterocycles. The van der Waals surface area contributed by atoms with Gasteiger partial charge >= 0.3 is 6.18 Å². The zero-order valence-electron chi connectivity index (χ0n) is 20.7. The number of carbonyl (C=O) groups excluding carboxylic acids is 1. The first-order valence-electron chi connectivity index (χ1n) is 12.4. The number of hydrogen-bond donors (Lipinski definition) is 3. The molecule has 1 aromatic carbocycles. The van der Waals surface area contributed by atoms with E-state index in [9.17, 15) is 18.0 Å². The lowest BCUT2D eigenvalue weighted by Crippen LogP contribution is -2.45. The van der Waals surface area contributed by atoms with Crippen LogP contribution in [0.2, 0.25) is 0 Å². The van der Waals surface area contributed by atoms with Crippen LogP contribution in [0.1, 0.15) is 36.8 Å². The van der Waals surface area contributed by atoms with Gasteiger partial charge in [0.15, 0.2) is 0 Å². The highest BCUT2D eigenvalue weighted by Gasteiger charge is 2.33. The minimum Gasteiger partial charge on any atom is -0.367 e. The number of amides is 1. The second-order valence-electron chi connectivity index (χ2n) is 9.54. The second kappa shape index (κ2) is 11.3. The number of aromatic nitrogens is 2. The lowest BCUT2D eigenvalue weighted by Gasteiger charge is -2.33. The van der Waals surface area contributed by atoms with Crippen LogP contribution in [0.4, 0.5) is 30.8 Å². The van der Waals surface area contributed by atoms with Crippen molar-refractivity contribution in [3.8, 4) is 0 Å². The summed E-state index contributed by atoms with van der Waals surface area (Å²) in [6, 6.07) is 7.49. The van der Waals surface area contributed by atoms with Crippen LogP contribution in [0.25, 0.3) is 0 Å². The first-order chi connectivity index (χ1) is 17.2. The maximum absolute atomic E-state index is 13.2. The third-order valence-electron chi connectivity index (χ3n) is 6.99. The fourth-order valence-corrected chi connectivity index (χ4v) is 4.80. The number of nitrogens with one attached hydrogen (secondary N) is 3. The maximum Gasteiger partial charge on any atom is 0.416 e. The largest absolute Gasteiger partial charge is 0.416 e. The van der Waals surface area contributed by atoms with E-state index >= 15 is 0 Å². The fourth-order valence-electron chi connectivity index (χ4n) is 4.80. The molecule has 1 aliphatic heterocycles. The Bertz CT molecular complexity index is 1030. The Labute approximate surface area is 209 Å². The van der Waals surface area contributed by atoms with Crippen molar-refractivity contribution in [2.24, 2.45) is 5.92 Å². The van der Waals surface area contributed by atoms with Crippen molar-refractivity contribution in [1.29, 1.82) is 0 Å². The summed E-state index contributed by atoms with van der Waals surface area (Å²) < 4.78 is 39.6. The summed E-state index contributed by atoms with van der Waals surface area (Å²) in [5.74, 6) is 1.79. The summed E-state index contributed by atoms with van der Waals surface area (Å²) in [5, 5.41) is 9.24. The van der Waals surface area contributed by atoms with E-state index in [1.54, 1.807) is 13.1 Å². The second-order valence-corrected chi connectivity index (χ2v) is 9.54. The molecule has 3 N–H and O–H groups in total. The van der Waals surface area contributed by atoms with Gasteiger partial charge in [0.1, 0.15) is 11.6 Å². The van der Waals surface area contributed by atoms with Gasteiger partial charge in [-0.1, -0.05) is 18.2 Å². The van der Waals surface area contributed by atoms with Gasteiger partial charge in [-0.15, -0.1) is 0 Å². The summed E-state index contributed by atoms with van der Waals surface area (Å²) in [4.78, 5) is 26.4. The molecule has 196 valence electrons. The van der Waals surface area contributed by atoms with Crippen LogP contribution in [0.5, 0.6) is 0 Å². The molecule has 0 atom stereocenters. The van der Waals surface area contributed by atoms with Gasteiger partial charge in [0, 0.05) is 57.8 Å². The zero-order valence-corrected chi connectivity index (χ0v) is 20.7. The summed E-state index contributed by atoms with van der Waals surface area (Å²) in [6.45, 7) is 3.65. The van der Waals surface area contributed by atoms with Gasteiger partial charge in [0.05, 0.1) is 5.56 Å². The van der Waals surface area contributed by atoms with Crippen LogP contribution in [0.3, 0.4) is 0 Å². The van der Waals surface area contributed by atoms with E-state index in [1.165, 1.54) is 12.1 Å². The lowest BCUT2D eigenvalue weighted by atomic mass is 9.85. The monoisotopic (exact) mass is 505 g/mol. The zero-order chi connectivity index (χ0) is 25.7. The van der Waals surface area contributed by atoms with Crippen LogP contribution >= 0.6 is 0 Å². The van der Waals surface area contributed by atoms with E-state index in [2.05, 4.69) is 42.8 Å². The summed E-state index contributed by atoms with van der Waals surface area (Å²) in [5.41, 5.74) is -0.631. The topological polar surface area (TPSA) is 85.4 Å². The highest BCUT2D eigenvalue weighted by atomic mass is 19.4. The lowest BCUT2D eigenvalue weighted by molar-refractivity contribution is -0.138. The molecule has 8 nitrogen and oxygen atoms in total. The molecule has 4 rings (SSSR count). The smallest absolute Gasteiger partial charge is 0.367 e. The molecule has 1 saturated heterocycles. The van der Waals surface area contributed by atoms with Crippen molar-refractivity contribution in [2.75, 3.05) is 55.8 Å². The van der Waals surface area contributed by atoms with E-state index in [1.807, 2.05) is 6.07 Å². The van der Waals surface area contributed by atoms with Crippen molar-refractivity contribution < 1.29 is 18.0 Å². The Morgan fingerprint density at radius 2 is 1.75 bits per heavy atom. The fraction of sp³-hybridized carbons (Fsp3) is 0.560. The van der Waals surface area contributed by atoms with E-state index < -0.39 is 11.7 Å². The quantitative estimate of drug-likeness (QED) is 0.531. The molecule has 1 amide bonds. The van der Waals surface area contributed by atoms with Gasteiger partial charge in [-0.3, -0.25) is 4.79 Å². The molecule has 1 aliphatic carbocycles. The van der Waals surface area contributed by atoms with Crippen molar-refractivity contribution in [1.82, 2.24) is 20.2 Å². The maximum atomic E-state index is 13.2. The number of anilines is 3. The summed E-state index contributed by atoms with van der Waals surface area (Å²) >= 11 is 0. The highest BCUT2D eigenvalue weighted by Crippen LogP contribution is 2.32. The van der Waals surface area contributed by atoms with Crippen molar-refractivity contribution >= 4 is 23.5 Å². The molecule has 11 heteroatoms. The van der Waals surface area contributed by atoms with Gasteiger partial charge in [-0.25, -0.2) is 0 Å². The minimum absolute atomic E-state index is 0.0777. The SMILES string of the molecule is CNc1nc(N[C@H]2CC[C@@H](C(=O)NCc3ccccc3C(F)(F)F)CC2)cc(N2CCN(C)CC2)n1. The molecule has 2 aliphatic rings. The Balaban J connectivity index is 1.30. The highest BCUT2D eigenvalue weighted by molar-refractivity contribution is 5.78. The van der Waals surface area contributed by atoms with E-state index in [0.29, 0.717) is 18.8 Å². The van der Waals surface area contributed by atoms with Gasteiger partial charge in [-0.05, 0) is 44.4 Å². The number of alkyl halides is 3. The predicted molar refractivity (Wildman–Crippen MR) is 134 cm³/mol. The first-order valence-corrected chi connectivity index (χ1v) is 12.4. The Hall–Kier alpha value is -3.08. The average molecular weight is 506 g/mol. The van der Waals surface area contributed by atoms with E-state index in [0.717, 1.165) is 56.7 Å². The molecule has 2 heterocycles. The molecule has 2 aromatic rings. The molecule has 1 saturated carbocycles. The Morgan fingerprint density at radius 3 is 2.42 bits per heavy atom. The minimum atomic E-state index is -4.44. The van der Waals surface area contributed by atoms with E-state index in [4.69, 9.17) is 0 Å². The number of benzene rings is 1. The molecule has 0 spiro atoms. The van der Waals surface area contributed by atoms with Crippen LogP contribution in [-0.2, 0) is 17.5 Å². The Kier molecular flexibility index (Phi) is 8.17. The predicted octanol–water partition coefficient (Wildman–Crippen LogP) is 3.58. The standard InChI is InChI=1S/C25H34F3N7O/c1-29-24-32-21(15-22(33-24)35-13-11-34(2)12-14-35)31-19-9-7-17(8-10-19)23(36)30-16-18-5-3-4-6-20(18)25(26,27)28/h3-6,15,17,19H,7-14,16H2,1-2H3,(H,30,36)(H2,29,31,32,33)/t17-,19+. The van der Waals surface area contributed by atoms with Crippen molar-refractivity contribution in [3.63, 3.8) is 0 Å². The summed E-state index contributed by atoms with van der Waals surface area (Å²) in [7, 11) is 3.91. The van der Waals surface area contributed by atoms with Crippen LogP contribution in [0, 0.1) is 5.92 Å². The Morgan fingerprint density at radius 1 is 1.06 bits per heavy atom. The summed E-state index contributed by atoms with van der Waals surface area (Å²) in [6.07, 6.45) is -1.55. The normalized spacial score (nSPS) is 21.2. The molecule has 0 unspecified atom stereocenters. The molecule has 2 fully saturated rings. The van der Waals surface area contributed by atoms with Gasteiger partial charge in [0.25, 0.3) is 0 Å². The molecular formula is C25H34F3N7O. The number of halogens is 3. The van der Waals surface area contributed by atoms with Crippen LogP contribution in [-0.4, -0.2) is 67.1 Å². The molecule has 0 radical (unpaired) electrons. The van der Waals surface area contributed by atoms with Gasteiger partial charge in [0.2, 0.25) is 11.9 Å². The number of nitrogens with zero attached hydrogens (tertiary/aromatic N) is 4. The van der Waals surface area contributed by atoms with Crippen LogP contribution < -0.4 is 20.9 Å². The average Bonchev–Trinajstić information content (AvgIpc) is 2.87. The molecule has 36 heavy (non-hydrogen) atoms. The van der Waals surface area contributed by atoms with Crippen molar-refractivity contribution in [3.05, 3.63) is 41.5 Å². The first kappa shape index (κ1) is 26.0. The van der Waals surface area contributed by atoms with Crippen LogP contribution in [0.15, 0.2) is 30.3 Å². The van der Waals surface area contributed by atoms with Gasteiger partial charge < -0.3 is 25.8 Å². The third kappa shape index (κ3) is 6.57. The number of piperazine rings is 1. The number of hydrogen-bond acceptors (Lipinski definition) is 7. The molecule has 0 bridgehead atoms. The van der Waals surface area contributed by atoms with Crippen molar-refractivity contribution in [2.45, 2.75) is 44.4 Å². The third-order valence-corrected chi connectivity index (χ3v) is 6.99. The van der Waals surface area contributed by atoms with E-state index in [-0.39, 0.29) is 30.0 Å². The number of likely N-dealkylation sites (N-methyl/N-ethyl adjacent to an activating group) is 1. The molecular weight excluding hydrogens is 471 g/mol. The number of carbonyl (C=O) groups is 1.